The van der Waals surface area contributed by atoms with Gasteiger partial charge in [0.05, 0.1) is 11.1 Å². The average Bonchev–Trinajstić information content (AvgIpc) is 3.41. The quantitative estimate of drug-likeness (QED) is 0.422. The molecule has 0 bridgehead atoms. The maximum absolute atomic E-state index is 12.7. The van der Waals surface area contributed by atoms with Crippen LogP contribution in [0.4, 0.5) is 5.00 Å². The second kappa shape index (κ2) is 8.93. The van der Waals surface area contributed by atoms with Crippen LogP contribution in [0, 0.1) is 22.7 Å². The molecule has 1 aliphatic carbocycles. The van der Waals surface area contributed by atoms with E-state index in [-0.39, 0.29) is 11.1 Å². The summed E-state index contributed by atoms with van der Waals surface area (Å²) in [5, 5.41) is 31.2. The Hall–Kier alpha value is -4.14. The summed E-state index contributed by atoms with van der Waals surface area (Å²) in [5.41, 5.74) is 2.17. The third-order valence-electron chi connectivity index (χ3n) is 5.20. The van der Waals surface area contributed by atoms with Crippen LogP contribution in [0.25, 0.3) is 17.4 Å². The van der Waals surface area contributed by atoms with E-state index >= 15 is 0 Å². The molecule has 7 nitrogen and oxygen atoms in total. The first-order chi connectivity index (χ1) is 15.5. The summed E-state index contributed by atoms with van der Waals surface area (Å²) in [5.74, 6) is -0.842. The zero-order valence-electron chi connectivity index (χ0n) is 16.8. The first kappa shape index (κ1) is 21.1. The number of rotatable bonds is 5. The molecule has 0 radical (unpaired) electrons. The largest absolute Gasteiger partial charge is 0.478 e. The number of thiophene rings is 1. The van der Waals surface area contributed by atoms with E-state index in [1.807, 2.05) is 6.07 Å². The zero-order chi connectivity index (χ0) is 22.7. The number of nitriles is 2. The highest BCUT2D eigenvalue weighted by atomic mass is 32.1. The predicted octanol–water partition coefficient (Wildman–Crippen LogP) is 5.00. The number of aryl methyl sites for hydroxylation is 1. The molecule has 8 heteroatoms. The van der Waals surface area contributed by atoms with Crippen molar-refractivity contribution in [3.63, 3.8) is 0 Å². The Morgan fingerprint density at radius 1 is 1.09 bits per heavy atom. The van der Waals surface area contributed by atoms with Crippen molar-refractivity contribution in [2.75, 3.05) is 5.32 Å². The van der Waals surface area contributed by atoms with E-state index in [4.69, 9.17) is 9.52 Å². The summed E-state index contributed by atoms with van der Waals surface area (Å²) in [4.78, 5) is 24.8. The normalized spacial score (nSPS) is 13.0. The third-order valence-corrected chi connectivity index (χ3v) is 6.41. The molecule has 2 aromatic heterocycles. The second-order valence-corrected chi connectivity index (χ2v) is 8.34. The Labute approximate surface area is 187 Å². The van der Waals surface area contributed by atoms with Crippen LogP contribution in [0.15, 0.2) is 46.4 Å². The number of amides is 1. The first-order valence-corrected chi connectivity index (χ1v) is 10.7. The van der Waals surface area contributed by atoms with E-state index < -0.39 is 11.9 Å². The van der Waals surface area contributed by atoms with Crippen LogP contribution in [0.1, 0.15) is 45.0 Å². The number of nitrogens with one attached hydrogen (secondary N) is 1. The highest BCUT2D eigenvalue weighted by Crippen LogP contribution is 2.37. The average molecular weight is 443 g/mol. The molecule has 1 aromatic carbocycles. The molecular formula is C24H17N3O4S. The molecule has 3 aromatic rings. The van der Waals surface area contributed by atoms with Crippen molar-refractivity contribution in [3.8, 4) is 23.5 Å². The number of fused-ring (bicyclic) bond motifs is 1. The fourth-order valence-corrected chi connectivity index (χ4v) is 4.83. The fourth-order valence-electron chi connectivity index (χ4n) is 3.60. The molecule has 1 aliphatic rings. The molecule has 0 saturated carbocycles. The SMILES string of the molecule is N#C/C(=C\c1ccc(-c2ccc(C(=O)O)cc2)o1)C(=O)Nc1sc2c(c1C#N)CCCC2. The summed E-state index contributed by atoms with van der Waals surface area (Å²) in [6.07, 6.45) is 5.15. The molecule has 2 N–H and O–H groups in total. The van der Waals surface area contributed by atoms with Gasteiger partial charge in [0.2, 0.25) is 0 Å². The smallest absolute Gasteiger partial charge is 0.335 e. The second-order valence-electron chi connectivity index (χ2n) is 7.24. The summed E-state index contributed by atoms with van der Waals surface area (Å²) in [6.45, 7) is 0. The van der Waals surface area contributed by atoms with Gasteiger partial charge < -0.3 is 14.8 Å². The van der Waals surface area contributed by atoms with Crippen molar-refractivity contribution >= 4 is 34.3 Å². The Balaban J connectivity index is 1.54. The van der Waals surface area contributed by atoms with E-state index in [1.165, 1.54) is 29.5 Å². The van der Waals surface area contributed by atoms with Gasteiger partial charge in [-0.3, -0.25) is 4.79 Å². The van der Waals surface area contributed by atoms with Crippen molar-refractivity contribution < 1.29 is 19.1 Å². The lowest BCUT2D eigenvalue weighted by Gasteiger charge is -2.09. The number of furan rings is 1. The number of carboxylic acids is 1. The van der Waals surface area contributed by atoms with E-state index in [9.17, 15) is 20.1 Å². The molecule has 0 atom stereocenters. The molecule has 0 fully saturated rings. The summed E-state index contributed by atoms with van der Waals surface area (Å²) >= 11 is 1.40. The van der Waals surface area contributed by atoms with Crippen LogP contribution in [-0.4, -0.2) is 17.0 Å². The molecule has 0 unspecified atom stereocenters. The molecule has 2 heterocycles. The van der Waals surface area contributed by atoms with Gasteiger partial charge in [-0.15, -0.1) is 11.3 Å². The highest BCUT2D eigenvalue weighted by molar-refractivity contribution is 7.16. The number of carbonyl (C=O) groups excluding carboxylic acids is 1. The van der Waals surface area contributed by atoms with Crippen LogP contribution in [-0.2, 0) is 17.6 Å². The lowest BCUT2D eigenvalue weighted by atomic mass is 9.96. The minimum Gasteiger partial charge on any atom is -0.478 e. The van der Waals surface area contributed by atoms with Crippen LogP contribution in [0.3, 0.4) is 0 Å². The van der Waals surface area contributed by atoms with Crippen molar-refractivity contribution in [2.45, 2.75) is 25.7 Å². The molecule has 0 saturated heterocycles. The van der Waals surface area contributed by atoms with E-state index in [2.05, 4.69) is 11.4 Å². The number of nitrogens with zero attached hydrogens (tertiary/aromatic N) is 2. The standard InChI is InChI=1S/C24H17N3O4S/c25-12-16(22(28)27-23-19(13-26)18-3-1-2-4-21(18)32-23)11-17-9-10-20(31-17)14-5-7-15(8-6-14)24(29)30/h5-11H,1-4H2,(H,27,28)(H,29,30)/b16-11+. The fraction of sp³-hybridized carbons (Fsp3) is 0.167. The zero-order valence-corrected chi connectivity index (χ0v) is 17.7. The first-order valence-electron chi connectivity index (χ1n) is 9.91. The lowest BCUT2D eigenvalue weighted by molar-refractivity contribution is -0.112. The van der Waals surface area contributed by atoms with Gasteiger partial charge in [-0.2, -0.15) is 10.5 Å². The van der Waals surface area contributed by atoms with Crippen LogP contribution in [0.2, 0.25) is 0 Å². The Morgan fingerprint density at radius 2 is 1.84 bits per heavy atom. The Kier molecular flexibility index (Phi) is 5.89. The number of benzene rings is 1. The van der Waals surface area contributed by atoms with Crippen molar-refractivity contribution in [3.05, 3.63) is 69.3 Å². The van der Waals surface area contributed by atoms with E-state index in [0.29, 0.717) is 27.6 Å². The number of aromatic carboxylic acids is 1. The number of hydrogen-bond acceptors (Lipinski definition) is 6. The molecule has 1 amide bonds. The molecule has 0 spiro atoms. The summed E-state index contributed by atoms with van der Waals surface area (Å²) < 4.78 is 5.71. The van der Waals surface area contributed by atoms with Crippen LogP contribution >= 0.6 is 11.3 Å². The van der Waals surface area contributed by atoms with Gasteiger partial charge >= 0.3 is 5.97 Å². The van der Waals surface area contributed by atoms with Gasteiger partial charge in [-0.05, 0) is 55.5 Å². The number of hydrogen-bond donors (Lipinski definition) is 2. The number of carboxylic acid groups (broad SMARTS) is 1. The highest BCUT2D eigenvalue weighted by Gasteiger charge is 2.23. The molecule has 4 rings (SSSR count). The van der Waals surface area contributed by atoms with E-state index in [1.54, 1.807) is 24.3 Å². The number of anilines is 1. The van der Waals surface area contributed by atoms with Gasteiger partial charge in [-0.1, -0.05) is 12.1 Å². The van der Waals surface area contributed by atoms with Gasteiger partial charge in [-0.25, -0.2) is 4.79 Å². The molecule has 32 heavy (non-hydrogen) atoms. The summed E-state index contributed by atoms with van der Waals surface area (Å²) in [6, 6.07) is 13.5. The maximum Gasteiger partial charge on any atom is 0.335 e. The third kappa shape index (κ3) is 4.18. The van der Waals surface area contributed by atoms with Crippen molar-refractivity contribution in [1.82, 2.24) is 0 Å². The minimum atomic E-state index is -1.02. The van der Waals surface area contributed by atoms with Gasteiger partial charge in [0, 0.05) is 16.5 Å². The van der Waals surface area contributed by atoms with Crippen molar-refractivity contribution in [1.29, 1.82) is 10.5 Å². The molecular weight excluding hydrogens is 426 g/mol. The predicted molar refractivity (Wildman–Crippen MR) is 119 cm³/mol. The van der Waals surface area contributed by atoms with Crippen molar-refractivity contribution in [2.24, 2.45) is 0 Å². The monoisotopic (exact) mass is 443 g/mol. The Bertz CT molecular complexity index is 1320. The summed E-state index contributed by atoms with van der Waals surface area (Å²) in [7, 11) is 0. The topological polar surface area (TPSA) is 127 Å². The van der Waals surface area contributed by atoms with Gasteiger partial charge in [0.15, 0.2) is 0 Å². The van der Waals surface area contributed by atoms with Crippen LogP contribution < -0.4 is 5.32 Å². The molecule has 158 valence electrons. The van der Waals surface area contributed by atoms with Gasteiger partial charge in [0.1, 0.15) is 34.2 Å². The van der Waals surface area contributed by atoms with Crippen LogP contribution in [0.5, 0.6) is 0 Å². The number of carbonyl (C=O) groups is 2. The van der Waals surface area contributed by atoms with E-state index in [0.717, 1.165) is 36.1 Å². The Morgan fingerprint density at radius 3 is 2.53 bits per heavy atom. The lowest BCUT2D eigenvalue weighted by Crippen LogP contribution is -2.13. The van der Waals surface area contributed by atoms with Gasteiger partial charge in [0.25, 0.3) is 5.91 Å². The minimum absolute atomic E-state index is 0.151. The molecule has 0 aliphatic heterocycles. The maximum atomic E-state index is 12.7.